The Labute approximate surface area is 211 Å². The number of anilines is 1. The zero-order chi connectivity index (χ0) is 25.6. The van der Waals surface area contributed by atoms with Gasteiger partial charge in [0.15, 0.2) is 10.8 Å². The number of carbonyl (C=O) groups is 3. The Kier molecular flexibility index (Phi) is 6.01. The zero-order valence-electron chi connectivity index (χ0n) is 18.7. The van der Waals surface area contributed by atoms with Gasteiger partial charge in [0.05, 0.1) is 5.56 Å². The van der Waals surface area contributed by atoms with Crippen LogP contribution < -0.4 is 15.6 Å². The number of fused-ring (bicyclic) bond motifs is 2. The molecule has 0 spiro atoms. The number of oxime groups is 1. The second kappa shape index (κ2) is 9.16. The Bertz CT molecular complexity index is 1460. The van der Waals surface area contributed by atoms with E-state index in [9.17, 15) is 24.7 Å². The molecule has 0 saturated carbocycles. The van der Waals surface area contributed by atoms with Crippen LogP contribution in [-0.2, 0) is 25.6 Å². The predicted octanol–water partition coefficient (Wildman–Crippen LogP) is -0.165. The van der Waals surface area contributed by atoms with Crippen molar-refractivity contribution in [2.24, 2.45) is 5.16 Å². The summed E-state index contributed by atoms with van der Waals surface area (Å²) in [6.07, 6.45) is 3.39. The number of nitrogens with one attached hydrogen (secondary N) is 1. The van der Waals surface area contributed by atoms with Crippen molar-refractivity contribution in [3.05, 3.63) is 58.5 Å². The van der Waals surface area contributed by atoms with Gasteiger partial charge in [-0.2, -0.15) is 0 Å². The molecule has 2 aliphatic rings. The number of nitrogen functional groups attached to an aromatic ring is 1. The van der Waals surface area contributed by atoms with Gasteiger partial charge in [-0.1, -0.05) is 5.16 Å². The van der Waals surface area contributed by atoms with Crippen molar-refractivity contribution in [3.8, 4) is 0 Å². The highest BCUT2D eigenvalue weighted by atomic mass is 32.2. The molecular weight excluding hydrogens is 510 g/mol. The Morgan fingerprint density at radius 1 is 1.42 bits per heavy atom. The number of pyridine rings is 1. The molecule has 0 radical (unpaired) electrons. The van der Waals surface area contributed by atoms with Gasteiger partial charge in [0, 0.05) is 34.5 Å². The molecule has 1 fully saturated rings. The maximum Gasteiger partial charge on any atom is 0.352 e. The summed E-state index contributed by atoms with van der Waals surface area (Å²) in [5.41, 5.74) is 7.51. The van der Waals surface area contributed by atoms with Crippen molar-refractivity contribution in [3.63, 3.8) is 0 Å². The van der Waals surface area contributed by atoms with Gasteiger partial charge in [-0.3, -0.25) is 14.5 Å². The number of carboxylic acid groups (broad SMARTS) is 1. The number of nitrogens with zero attached hydrogens (tertiary/aromatic N) is 5. The lowest BCUT2D eigenvalue weighted by Crippen LogP contribution is -2.71. The lowest BCUT2D eigenvalue weighted by molar-refractivity contribution is -0.647. The van der Waals surface area contributed by atoms with Crippen molar-refractivity contribution < 1.29 is 34.1 Å². The fraction of sp³-hybridized carbons (Fsp3) is 0.238. The molecular formula is C21H20N7O6S2+. The first kappa shape index (κ1) is 23.6. The number of aromatic nitrogens is 3. The van der Waals surface area contributed by atoms with Crippen molar-refractivity contribution in [1.29, 1.82) is 0 Å². The van der Waals surface area contributed by atoms with Crippen molar-refractivity contribution >= 4 is 57.2 Å². The van der Waals surface area contributed by atoms with E-state index in [-0.39, 0.29) is 28.7 Å². The van der Waals surface area contributed by atoms with Gasteiger partial charge in [0.2, 0.25) is 11.7 Å². The summed E-state index contributed by atoms with van der Waals surface area (Å²) in [5.74, 6) is -2.17. The molecule has 5 rings (SSSR count). The summed E-state index contributed by atoms with van der Waals surface area (Å²) in [5, 5.41) is 27.6. The van der Waals surface area contributed by atoms with Crippen LogP contribution in [-0.4, -0.2) is 72.8 Å². The largest absolute Gasteiger partial charge is 0.477 e. The number of nitrogens with two attached hydrogens (primary N) is 1. The number of hydrogen-bond acceptors (Lipinski definition) is 10. The summed E-state index contributed by atoms with van der Waals surface area (Å²) in [6.45, 7) is 0. The van der Waals surface area contributed by atoms with Gasteiger partial charge in [-0.15, -0.1) is 23.1 Å². The number of carbonyl (C=O) groups excluding carboxylic acids is 2. The van der Waals surface area contributed by atoms with Crippen LogP contribution in [0.1, 0.15) is 11.3 Å². The molecule has 3 aromatic heterocycles. The van der Waals surface area contributed by atoms with Crippen LogP contribution in [0.3, 0.4) is 0 Å². The van der Waals surface area contributed by atoms with E-state index in [0.29, 0.717) is 22.4 Å². The second-order valence-corrected chi connectivity index (χ2v) is 9.89. The summed E-state index contributed by atoms with van der Waals surface area (Å²) in [4.78, 5) is 49.0. The van der Waals surface area contributed by atoms with Crippen molar-refractivity contribution in [2.45, 2.75) is 17.8 Å². The van der Waals surface area contributed by atoms with Crippen LogP contribution >= 0.6 is 23.1 Å². The first-order valence-electron chi connectivity index (χ1n) is 10.5. The zero-order valence-corrected chi connectivity index (χ0v) is 20.3. The minimum Gasteiger partial charge on any atom is -0.477 e. The SMILES string of the molecule is CO/N=C(\C(=O)N[C@@H]1C(=O)N2C(C(=O)O)=C(Cc3cn(O)[n+]4ccccc34)CS[C@@H]12)c1csc(N)n1. The molecule has 0 bridgehead atoms. The van der Waals surface area contributed by atoms with E-state index in [1.54, 1.807) is 18.3 Å². The lowest BCUT2D eigenvalue weighted by Gasteiger charge is -2.49. The number of amides is 2. The van der Waals surface area contributed by atoms with E-state index in [1.165, 1.54) is 39.9 Å². The number of thiazole rings is 1. The number of rotatable bonds is 7. The highest BCUT2D eigenvalue weighted by Gasteiger charge is 2.54. The first-order valence-corrected chi connectivity index (χ1v) is 12.5. The normalized spacial score (nSPS) is 19.8. The Hall–Kier alpha value is -4.11. The monoisotopic (exact) mass is 530 g/mol. The van der Waals surface area contributed by atoms with E-state index in [2.05, 4.69) is 15.5 Å². The number of β-lactam (4-membered cyclic amide) rings is 1. The molecule has 5 N–H and O–H groups in total. The van der Waals surface area contributed by atoms with E-state index in [0.717, 1.165) is 16.2 Å². The molecule has 0 aliphatic carbocycles. The van der Waals surface area contributed by atoms with Crippen LogP contribution in [0.2, 0.25) is 0 Å². The summed E-state index contributed by atoms with van der Waals surface area (Å²) < 4.78 is 1.52. The molecule has 5 heterocycles. The van der Waals surface area contributed by atoms with Crippen molar-refractivity contribution in [2.75, 3.05) is 18.6 Å². The minimum absolute atomic E-state index is 0.118. The quantitative estimate of drug-likeness (QED) is 0.106. The van der Waals surface area contributed by atoms with Gasteiger partial charge in [-0.05, 0) is 16.2 Å². The van der Waals surface area contributed by atoms with Gasteiger partial charge in [0.1, 0.15) is 36.1 Å². The topological polar surface area (TPSA) is 176 Å². The summed E-state index contributed by atoms with van der Waals surface area (Å²) in [7, 11) is 1.27. The molecule has 186 valence electrons. The van der Waals surface area contributed by atoms with E-state index in [4.69, 9.17) is 10.6 Å². The molecule has 15 heteroatoms. The molecule has 2 amide bonds. The van der Waals surface area contributed by atoms with Gasteiger partial charge in [0.25, 0.3) is 11.8 Å². The Morgan fingerprint density at radius 3 is 2.92 bits per heavy atom. The summed E-state index contributed by atoms with van der Waals surface area (Å²) >= 11 is 2.46. The molecule has 36 heavy (non-hydrogen) atoms. The third kappa shape index (κ3) is 3.91. The van der Waals surface area contributed by atoms with Gasteiger partial charge >= 0.3 is 5.97 Å². The van der Waals surface area contributed by atoms with Gasteiger partial charge in [-0.25, -0.2) is 9.78 Å². The maximum absolute atomic E-state index is 13.0. The lowest BCUT2D eigenvalue weighted by atomic mass is 9.99. The average Bonchev–Trinajstić information content (AvgIpc) is 3.43. The van der Waals surface area contributed by atoms with Crippen LogP contribution in [0.25, 0.3) is 5.52 Å². The Balaban J connectivity index is 1.38. The van der Waals surface area contributed by atoms with E-state index >= 15 is 0 Å². The van der Waals surface area contributed by atoms with E-state index < -0.39 is 29.2 Å². The second-order valence-electron chi connectivity index (χ2n) is 7.89. The highest BCUT2D eigenvalue weighted by molar-refractivity contribution is 8.00. The molecule has 13 nitrogen and oxygen atoms in total. The Morgan fingerprint density at radius 2 is 2.22 bits per heavy atom. The van der Waals surface area contributed by atoms with Crippen LogP contribution in [0.5, 0.6) is 0 Å². The fourth-order valence-corrected chi connectivity index (χ4v) is 6.12. The molecule has 3 aromatic rings. The summed E-state index contributed by atoms with van der Waals surface area (Å²) in [6, 6.07) is 4.42. The molecule has 2 aliphatic heterocycles. The van der Waals surface area contributed by atoms with Crippen LogP contribution in [0, 0.1) is 0 Å². The number of aliphatic carboxylic acids is 1. The van der Waals surface area contributed by atoms with Crippen molar-refractivity contribution in [1.82, 2.24) is 20.0 Å². The van der Waals surface area contributed by atoms with E-state index in [1.807, 2.05) is 6.07 Å². The standard InChI is InChI=1S/C21H19N7O6S2/c1-34-25-14(12-9-36-21(22)23-12)17(29)24-15-18(30)28-16(20(31)32)11(8-35-19(15)28)6-10-7-27(33)26-5-3-2-4-13(10)26/h2-5,7,9,15,19H,6,8H2,1H3,(H4-,22,23,24,29,31,32,33)/p+1/b25-14-/t15-,19+/m1/s1. The first-order chi connectivity index (χ1) is 17.3. The highest BCUT2D eigenvalue weighted by Crippen LogP contribution is 2.41. The minimum atomic E-state index is -1.24. The van der Waals surface area contributed by atoms with Gasteiger partial charge < -0.3 is 26.2 Å². The maximum atomic E-state index is 13.0. The smallest absolute Gasteiger partial charge is 0.352 e. The molecule has 2 atom stereocenters. The molecule has 1 saturated heterocycles. The van der Waals surface area contributed by atoms with Crippen LogP contribution in [0.4, 0.5) is 5.13 Å². The molecule has 0 aromatic carbocycles. The number of carboxylic acids is 1. The predicted molar refractivity (Wildman–Crippen MR) is 128 cm³/mol. The van der Waals surface area contributed by atoms with Crippen LogP contribution in [0.15, 0.2) is 52.4 Å². The number of thioether (sulfide) groups is 1. The third-order valence-electron chi connectivity index (χ3n) is 5.76. The third-order valence-corrected chi connectivity index (χ3v) is 7.78. The molecule has 0 unspecified atom stereocenters. The fourth-order valence-electron chi connectivity index (χ4n) is 4.22. The average molecular weight is 531 g/mol. The number of hydrogen-bond donors (Lipinski definition) is 4.